The first kappa shape index (κ1) is 30.0. The number of likely N-dealkylation sites (tertiary alicyclic amines) is 1. The lowest BCUT2D eigenvalue weighted by atomic mass is 10.1. The average molecular weight is 529 g/mol. The maximum Gasteiger partial charge on any atom is 0.284 e. The van der Waals surface area contributed by atoms with E-state index in [0.717, 1.165) is 18.9 Å². The molecule has 2 amide bonds. The number of carbonyl (C=O) groups excluding carboxylic acids is 2. The molecule has 1 aliphatic rings. The summed E-state index contributed by atoms with van der Waals surface area (Å²) in [6.07, 6.45) is 1.39. The van der Waals surface area contributed by atoms with Crippen LogP contribution in [0.3, 0.4) is 0 Å². The third-order valence-corrected chi connectivity index (χ3v) is 6.84. The number of carbonyl (C=O) groups is 2. The largest absolute Gasteiger partial charge is 0.376 e. The number of allylic oxidation sites excluding steroid dienone is 1. The van der Waals surface area contributed by atoms with Gasteiger partial charge in [0.05, 0.1) is 17.8 Å². The van der Waals surface area contributed by atoms with Gasteiger partial charge in [0, 0.05) is 39.2 Å². The first-order valence-corrected chi connectivity index (χ1v) is 12.8. The lowest BCUT2D eigenvalue weighted by Crippen LogP contribution is -2.58. The van der Waals surface area contributed by atoms with E-state index >= 15 is 0 Å². The van der Waals surface area contributed by atoms with Crippen LogP contribution in [0.15, 0.2) is 42.6 Å². The monoisotopic (exact) mass is 528 g/mol. The molecule has 202 valence electrons. The summed E-state index contributed by atoms with van der Waals surface area (Å²) < 4.78 is 34.2. The molecule has 1 aliphatic heterocycles. The van der Waals surface area contributed by atoms with Gasteiger partial charge in [0.2, 0.25) is 11.8 Å². The van der Waals surface area contributed by atoms with Gasteiger partial charge >= 0.3 is 0 Å². The Balaban J connectivity index is 2.21. The van der Waals surface area contributed by atoms with Crippen LogP contribution < -0.4 is 10.2 Å². The van der Waals surface area contributed by atoms with Gasteiger partial charge < -0.3 is 19.9 Å². The van der Waals surface area contributed by atoms with E-state index in [4.69, 9.17) is 16.5 Å². The van der Waals surface area contributed by atoms with E-state index in [9.17, 15) is 18.4 Å². The Morgan fingerprint density at radius 3 is 2.56 bits per heavy atom. The standard InChI is InChI=1S/C26H39ClF2N4O3/c1-6-36-19(3)23(30-24(34)18(2)31-27)25(35)33-15-10-13-22(33)17-32(20(4)26(5,28)29)16-14-21-11-8-7-9-12-21/h7-9,11-12,18-19,22-23,31H,4,6,10,13-17H2,1-3,5H3,(H,30,34). The molecule has 0 aliphatic carbocycles. The number of rotatable bonds is 14. The molecule has 1 aromatic rings. The minimum absolute atomic E-state index is 0.226. The maximum absolute atomic E-state index is 14.3. The Kier molecular flexibility index (Phi) is 11.6. The summed E-state index contributed by atoms with van der Waals surface area (Å²) in [5.74, 6) is -3.82. The zero-order valence-electron chi connectivity index (χ0n) is 21.6. The van der Waals surface area contributed by atoms with Crippen molar-refractivity contribution >= 4 is 23.6 Å². The fourth-order valence-electron chi connectivity index (χ4n) is 4.34. The minimum Gasteiger partial charge on any atom is -0.376 e. The van der Waals surface area contributed by atoms with Crippen LogP contribution >= 0.6 is 11.8 Å². The number of nitrogens with zero attached hydrogens (tertiary/aromatic N) is 2. The Morgan fingerprint density at radius 1 is 1.31 bits per heavy atom. The number of alkyl halides is 2. The number of amides is 2. The molecular weight excluding hydrogens is 490 g/mol. The van der Waals surface area contributed by atoms with Gasteiger partial charge in [0.25, 0.3) is 5.92 Å². The van der Waals surface area contributed by atoms with Gasteiger partial charge in [-0.15, -0.1) is 0 Å². The molecule has 1 heterocycles. The topological polar surface area (TPSA) is 73.9 Å². The summed E-state index contributed by atoms with van der Waals surface area (Å²) in [6.45, 7) is 11.0. The molecule has 2 rings (SSSR count). The summed E-state index contributed by atoms with van der Waals surface area (Å²) in [7, 11) is 0. The van der Waals surface area contributed by atoms with Crippen LogP contribution in [0.2, 0.25) is 0 Å². The van der Waals surface area contributed by atoms with Crippen molar-refractivity contribution in [2.45, 2.75) is 77.1 Å². The highest BCUT2D eigenvalue weighted by molar-refractivity contribution is 6.15. The van der Waals surface area contributed by atoms with E-state index in [1.54, 1.807) is 23.6 Å². The Morgan fingerprint density at radius 2 is 1.97 bits per heavy atom. The van der Waals surface area contributed by atoms with Gasteiger partial charge in [-0.1, -0.05) is 36.9 Å². The van der Waals surface area contributed by atoms with Crippen molar-refractivity contribution in [3.8, 4) is 0 Å². The fourth-order valence-corrected chi connectivity index (χ4v) is 4.44. The van der Waals surface area contributed by atoms with Gasteiger partial charge in [-0.3, -0.25) is 9.59 Å². The summed E-state index contributed by atoms with van der Waals surface area (Å²) >= 11 is 5.59. The molecule has 0 aromatic heterocycles. The van der Waals surface area contributed by atoms with Crippen LogP contribution in [0.25, 0.3) is 0 Å². The fraction of sp³-hybridized carbons (Fsp3) is 0.615. The third kappa shape index (κ3) is 8.42. The van der Waals surface area contributed by atoms with Crippen LogP contribution in [-0.2, 0) is 20.7 Å². The molecule has 0 saturated carbocycles. The van der Waals surface area contributed by atoms with Crippen molar-refractivity contribution < 1.29 is 23.1 Å². The summed E-state index contributed by atoms with van der Waals surface area (Å²) in [5, 5.41) is 2.74. The van der Waals surface area contributed by atoms with Crippen LogP contribution in [0.5, 0.6) is 0 Å². The number of ether oxygens (including phenoxy) is 1. The predicted octanol–water partition coefficient (Wildman–Crippen LogP) is 3.73. The second-order valence-corrected chi connectivity index (χ2v) is 9.54. The molecule has 4 unspecified atom stereocenters. The van der Waals surface area contributed by atoms with Crippen molar-refractivity contribution in [1.29, 1.82) is 0 Å². The van der Waals surface area contributed by atoms with Crippen LogP contribution in [0.1, 0.15) is 46.1 Å². The van der Waals surface area contributed by atoms with E-state index in [0.29, 0.717) is 32.5 Å². The second kappa shape index (κ2) is 13.9. The summed E-state index contributed by atoms with van der Waals surface area (Å²) in [6, 6.07) is 7.69. The highest BCUT2D eigenvalue weighted by atomic mass is 35.5. The Hall–Kier alpha value is -2.23. The molecule has 10 heteroatoms. The quantitative estimate of drug-likeness (QED) is 0.360. The lowest BCUT2D eigenvalue weighted by molar-refractivity contribution is -0.141. The van der Waals surface area contributed by atoms with E-state index in [2.05, 4.69) is 16.7 Å². The number of hydrogen-bond acceptors (Lipinski definition) is 5. The first-order chi connectivity index (χ1) is 17.0. The van der Waals surface area contributed by atoms with Gasteiger partial charge in [-0.05, 0) is 57.4 Å². The van der Waals surface area contributed by atoms with E-state index < -0.39 is 30.0 Å². The highest BCUT2D eigenvalue weighted by Crippen LogP contribution is 2.28. The SMILES string of the molecule is C=C(N(CCc1ccccc1)CC1CCCN1C(=O)C(NC(=O)C(C)NCl)C(C)OCC)C(C)(F)F. The first-order valence-electron chi connectivity index (χ1n) is 12.4. The van der Waals surface area contributed by atoms with Crippen molar-refractivity contribution in [2.24, 2.45) is 0 Å². The molecule has 7 nitrogen and oxygen atoms in total. The molecule has 1 aromatic carbocycles. The minimum atomic E-state index is -3.09. The molecular formula is C26H39ClF2N4O3. The number of nitrogens with one attached hydrogen (secondary N) is 2. The Bertz CT molecular complexity index is 868. The number of benzene rings is 1. The van der Waals surface area contributed by atoms with E-state index in [-0.39, 0.29) is 24.2 Å². The molecule has 0 bridgehead atoms. The summed E-state index contributed by atoms with van der Waals surface area (Å²) in [4.78, 5) is 31.7. The van der Waals surface area contributed by atoms with Crippen molar-refractivity contribution in [1.82, 2.24) is 20.0 Å². The molecule has 1 fully saturated rings. The smallest absolute Gasteiger partial charge is 0.284 e. The molecule has 2 N–H and O–H groups in total. The van der Waals surface area contributed by atoms with Crippen molar-refractivity contribution in [2.75, 3.05) is 26.2 Å². The van der Waals surface area contributed by atoms with Gasteiger partial charge in [0.15, 0.2) is 0 Å². The summed E-state index contributed by atoms with van der Waals surface area (Å²) in [5.41, 5.74) is 0.761. The van der Waals surface area contributed by atoms with Gasteiger partial charge in [-0.25, -0.2) is 13.6 Å². The second-order valence-electron chi connectivity index (χ2n) is 9.32. The van der Waals surface area contributed by atoms with Crippen LogP contribution in [0.4, 0.5) is 8.78 Å². The zero-order valence-corrected chi connectivity index (χ0v) is 22.4. The van der Waals surface area contributed by atoms with E-state index in [1.165, 1.54) is 0 Å². The van der Waals surface area contributed by atoms with Crippen LogP contribution in [0, 0.1) is 0 Å². The van der Waals surface area contributed by atoms with Crippen molar-refractivity contribution in [3.63, 3.8) is 0 Å². The van der Waals surface area contributed by atoms with Crippen molar-refractivity contribution in [3.05, 3.63) is 48.2 Å². The Labute approximate surface area is 218 Å². The maximum atomic E-state index is 14.3. The highest BCUT2D eigenvalue weighted by Gasteiger charge is 2.39. The van der Waals surface area contributed by atoms with Gasteiger partial charge in [0.1, 0.15) is 6.04 Å². The molecule has 1 saturated heterocycles. The third-order valence-electron chi connectivity index (χ3n) is 6.51. The van der Waals surface area contributed by atoms with Crippen LogP contribution in [-0.4, -0.2) is 78.0 Å². The predicted molar refractivity (Wildman–Crippen MR) is 138 cm³/mol. The lowest BCUT2D eigenvalue weighted by Gasteiger charge is -2.37. The molecule has 0 radical (unpaired) electrons. The zero-order chi connectivity index (χ0) is 26.9. The normalized spacial score (nSPS) is 18.4. The molecule has 36 heavy (non-hydrogen) atoms. The molecule has 4 atom stereocenters. The van der Waals surface area contributed by atoms with Gasteiger partial charge in [-0.2, -0.15) is 0 Å². The number of hydrogen-bond donors (Lipinski definition) is 2. The number of halogens is 3. The average Bonchev–Trinajstić information content (AvgIpc) is 3.31. The molecule has 0 spiro atoms. The van der Waals surface area contributed by atoms with E-state index in [1.807, 2.05) is 37.3 Å².